The van der Waals surface area contributed by atoms with Crippen molar-refractivity contribution >= 4 is 5.97 Å². The first-order valence-electron chi connectivity index (χ1n) is 5.71. The smallest absolute Gasteiger partial charge is 0.322 e. The van der Waals surface area contributed by atoms with Gasteiger partial charge in [-0.2, -0.15) is 0 Å². The van der Waals surface area contributed by atoms with Gasteiger partial charge in [-0.15, -0.1) is 0 Å². The van der Waals surface area contributed by atoms with E-state index in [-0.39, 0.29) is 12.1 Å². The van der Waals surface area contributed by atoms with E-state index in [4.69, 9.17) is 10.5 Å². The molecule has 1 fully saturated rings. The number of likely N-dealkylation sites (N-methyl/N-ethyl adjacent to an activating group) is 1. The summed E-state index contributed by atoms with van der Waals surface area (Å²) < 4.78 is 10.1. The molecule has 0 bridgehead atoms. The number of carbonyl (C=O) groups excluding carboxylic acids is 1. The molecule has 0 radical (unpaired) electrons. The van der Waals surface area contributed by atoms with Crippen molar-refractivity contribution < 1.29 is 14.3 Å². The molecule has 1 heterocycles. The van der Waals surface area contributed by atoms with Crippen molar-refractivity contribution in [1.29, 1.82) is 0 Å². The molecular formula is C11H22N2O3. The highest BCUT2D eigenvalue weighted by Crippen LogP contribution is 2.18. The Hall–Kier alpha value is -0.650. The highest BCUT2D eigenvalue weighted by Gasteiger charge is 2.28. The normalized spacial score (nSPS) is 27.1. The third-order valence-corrected chi connectivity index (χ3v) is 3.20. The molecule has 1 aliphatic heterocycles. The van der Waals surface area contributed by atoms with Crippen LogP contribution in [0.2, 0.25) is 0 Å². The summed E-state index contributed by atoms with van der Waals surface area (Å²) in [5.74, 6) is -0.343. The Labute approximate surface area is 96.9 Å². The van der Waals surface area contributed by atoms with Crippen LogP contribution in [0, 0.1) is 0 Å². The zero-order valence-corrected chi connectivity index (χ0v) is 10.3. The number of esters is 1. The maximum absolute atomic E-state index is 11.1. The molecule has 0 aromatic carbocycles. The summed E-state index contributed by atoms with van der Waals surface area (Å²) in [6.45, 7) is 3.68. The lowest BCUT2D eigenvalue weighted by Gasteiger charge is -2.27. The van der Waals surface area contributed by atoms with E-state index >= 15 is 0 Å². The fraction of sp³-hybridized carbons (Fsp3) is 0.909. The molecule has 0 amide bonds. The molecule has 0 aliphatic carbocycles. The minimum atomic E-state index is -0.523. The van der Waals surface area contributed by atoms with E-state index in [9.17, 15) is 4.79 Å². The van der Waals surface area contributed by atoms with Crippen molar-refractivity contribution in [1.82, 2.24) is 4.90 Å². The number of hydrogen-bond donors (Lipinski definition) is 1. The molecule has 2 N–H and O–H groups in total. The number of rotatable bonds is 5. The monoisotopic (exact) mass is 230 g/mol. The predicted molar refractivity (Wildman–Crippen MR) is 61.1 cm³/mol. The third kappa shape index (κ3) is 3.43. The first kappa shape index (κ1) is 13.4. The molecule has 3 atom stereocenters. The van der Waals surface area contributed by atoms with Gasteiger partial charge in [0.15, 0.2) is 0 Å². The van der Waals surface area contributed by atoms with Crippen LogP contribution in [0.25, 0.3) is 0 Å². The number of carbonyl (C=O) groups is 1. The number of nitrogens with two attached hydrogens (primary N) is 1. The Kier molecular flexibility index (Phi) is 5.18. The Morgan fingerprint density at radius 1 is 1.69 bits per heavy atom. The van der Waals surface area contributed by atoms with Crippen LogP contribution >= 0.6 is 0 Å². The standard InChI is InChI=1S/C11H22N2O3/c1-8-10(5-7-16-8)13(2)6-4-9(12)11(14)15-3/h8-10H,4-7,12H2,1-3H3. The minimum absolute atomic E-state index is 0.263. The summed E-state index contributed by atoms with van der Waals surface area (Å²) in [5, 5.41) is 0. The van der Waals surface area contributed by atoms with Gasteiger partial charge < -0.3 is 20.1 Å². The minimum Gasteiger partial charge on any atom is -0.468 e. The van der Waals surface area contributed by atoms with Crippen molar-refractivity contribution in [3.05, 3.63) is 0 Å². The molecule has 5 heteroatoms. The van der Waals surface area contributed by atoms with Crippen LogP contribution in [-0.4, -0.2) is 56.4 Å². The molecule has 94 valence electrons. The van der Waals surface area contributed by atoms with E-state index in [0.717, 1.165) is 19.6 Å². The number of ether oxygens (including phenoxy) is 2. The van der Waals surface area contributed by atoms with Crippen molar-refractivity contribution in [2.24, 2.45) is 5.73 Å². The zero-order chi connectivity index (χ0) is 12.1. The molecule has 1 saturated heterocycles. The second kappa shape index (κ2) is 6.18. The van der Waals surface area contributed by atoms with Gasteiger partial charge in [-0.1, -0.05) is 0 Å². The van der Waals surface area contributed by atoms with Gasteiger partial charge in [0.25, 0.3) is 0 Å². The van der Waals surface area contributed by atoms with E-state index in [1.165, 1.54) is 7.11 Å². The average Bonchev–Trinajstić information content (AvgIpc) is 2.70. The summed E-state index contributed by atoms with van der Waals surface area (Å²) in [4.78, 5) is 13.3. The molecule has 5 nitrogen and oxygen atoms in total. The molecule has 16 heavy (non-hydrogen) atoms. The van der Waals surface area contributed by atoms with Crippen molar-refractivity contribution in [3.63, 3.8) is 0 Å². The van der Waals surface area contributed by atoms with Crippen LogP contribution in [0.1, 0.15) is 19.8 Å². The lowest BCUT2D eigenvalue weighted by atomic mass is 10.1. The molecule has 1 rings (SSSR count). The molecule has 1 aliphatic rings. The van der Waals surface area contributed by atoms with Gasteiger partial charge in [-0.3, -0.25) is 4.79 Å². The van der Waals surface area contributed by atoms with Crippen LogP contribution in [0.5, 0.6) is 0 Å². The SMILES string of the molecule is COC(=O)C(N)CCN(C)C1CCOC1C. The topological polar surface area (TPSA) is 64.8 Å². The quantitative estimate of drug-likeness (QED) is 0.673. The summed E-state index contributed by atoms with van der Waals surface area (Å²) in [6.07, 6.45) is 1.93. The van der Waals surface area contributed by atoms with E-state index in [1.807, 2.05) is 7.05 Å². The zero-order valence-electron chi connectivity index (χ0n) is 10.3. The molecule has 0 aromatic heterocycles. The van der Waals surface area contributed by atoms with Gasteiger partial charge in [-0.05, 0) is 26.8 Å². The number of hydrogen-bond acceptors (Lipinski definition) is 5. The van der Waals surface area contributed by atoms with Crippen LogP contribution < -0.4 is 5.73 Å². The van der Waals surface area contributed by atoms with E-state index in [1.54, 1.807) is 0 Å². The Morgan fingerprint density at radius 2 is 2.38 bits per heavy atom. The van der Waals surface area contributed by atoms with E-state index in [0.29, 0.717) is 12.5 Å². The fourth-order valence-electron chi connectivity index (χ4n) is 2.08. The van der Waals surface area contributed by atoms with E-state index < -0.39 is 6.04 Å². The third-order valence-electron chi connectivity index (χ3n) is 3.20. The summed E-state index contributed by atoms with van der Waals surface area (Å²) in [5.41, 5.74) is 5.68. The largest absolute Gasteiger partial charge is 0.468 e. The van der Waals surface area contributed by atoms with Gasteiger partial charge >= 0.3 is 5.97 Å². The van der Waals surface area contributed by atoms with Crippen LogP contribution in [0.15, 0.2) is 0 Å². The molecule has 3 unspecified atom stereocenters. The predicted octanol–water partition coefficient (Wildman–Crippen LogP) is -0.0140. The number of nitrogens with zero attached hydrogens (tertiary/aromatic N) is 1. The van der Waals surface area contributed by atoms with Crippen molar-refractivity contribution in [2.75, 3.05) is 27.3 Å². The molecule has 0 saturated carbocycles. The maximum atomic E-state index is 11.1. The summed E-state index contributed by atoms with van der Waals surface area (Å²) in [6, 6.07) is -0.0880. The Balaban J connectivity index is 2.29. The summed E-state index contributed by atoms with van der Waals surface area (Å²) in [7, 11) is 3.40. The summed E-state index contributed by atoms with van der Waals surface area (Å²) >= 11 is 0. The molecule has 0 spiro atoms. The highest BCUT2D eigenvalue weighted by molar-refractivity contribution is 5.75. The lowest BCUT2D eigenvalue weighted by Crippen LogP contribution is -2.41. The second-order valence-corrected chi connectivity index (χ2v) is 4.33. The number of methoxy groups -OCH3 is 1. The highest BCUT2D eigenvalue weighted by atomic mass is 16.5. The second-order valence-electron chi connectivity index (χ2n) is 4.33. The van der Waals surface area contributed by atoms with Crippen LogP contribution in [0.4, 0.5) is 0 Å². The van der Waals surface area contributed by atoms with Gasteiger partial charge in [0.1, 0.15) is 6.04 Å². The van der Waals surface area contributed by atoms with Crippen LogP contribution in [0.3, 0.4) is 0 Å². The first-order chi connectivity index (χ1) is 7.56. The van der Waals surface area contributed by atoms with Gasteiger partial charge in [0.05, 0.1) is 13.2 Å². The fourth-order valence-corrected chi connectivity index (χ4v) is 2.08. The Morgan fingerprint density at radius 3 is 2.88 bits per heavy atom. The average molecular weight is 230 g/mol. The van der Waals surface area contributed by atoms with Crippen molar-refractivity contribution in [2.45, 2.75) is 38.0 Å². The van der Waals surface area contributed by atoms with Crippen molar-refractivity contribution in [3.8, 4) is 0 Å². The van der Waals surface area contributed by atoms with Gasteiger partial charge in [-0.25, -0.2) is 0 Å². The molecular weight excluding hydrogens is 208 g/mol. The van der Waals surface area contributed by atoms with Gasteiger partial charge in [0, 0.05) is 19.2 Å². The molecule has 0 aromatic rings. The van der Waals surface area contributed by atoms with Gasteiger partial charge in [0.2, 0.25) is 0 Å². The van der Waals surface area contributed by atoms with Crippen LogP contribution in [-0.2, 0) is 14.3 Å². The van der Waals surface area contributed by atoms with E-state index in [2.05, 4.69) is 16.6 Å². The Bertz CT molecular complexity index is 235. The lowest BCUT2D eigenvalue weighted by molar-refractivity contribution is -0.142. The maximum Gasteiger partial charge on any atom is 0.322 e. The first-order valence-corrected chi connectivity index (χ1v) is 5.71.